The summed E-state index contributed by atoms with van der Waals surface area (Å²) in [5.74, 6) is 0. The van der Waals surface area contributed by atoms with Crippen LogP contribution in [0.15, 0.2) is 67.1 Å². The summed E-state index contributed by atoms with van der Waals surface area (Å²) in [4.78, 5) is 10.3. The number of nitrogens with zero attached hydrogens (tertiary/aromatic N) is 4. The number of likely N-dealkylation sites (tertiary alicyclic amines) is 1. The van der Waals surface area contributed by atoms with Crippen molar-refractivity contribution in [3.8, 4) is 0 Å². The Hall–Kier alpha value is -2.94. The first-order valence-electron chi connectivity index (χ1n) is 10.3. The molecule has 148 valence electrons. The van der Waals surface area contributed by atoms with Crippen molar-refractivity contribution in [2.24, 2.45) is 0 Å². The topological polar surface area (TPSA) is 37.5 Å². The minimum absolute atomic E-state index is 0.559. The van der Waals surface area contributed by atoms with E-state index in [9.17, 15) is 0 Å². The van der Waals surface area contributed by atoms with Crippen LogP contribution in [0.3, 0.4) is 0 Å². The van der Waals surface area contributed by atoms with Crippen molar-refractivity contribution in [2.75, 3.05) is 13.1 Å². The van der Waals surface area contributed by atoms with Crippen LogP contribution in [0.1, 0.15) is 29.7 Å². The van der Waals surface area contributed by atoms with Gasteiger partial charge in [-0.25, -0.2) is 9.83 Å². The van der Waals surface area contributed by atoms with Crippen molar-refractivity contribution in [1.82, 2.24) is 19.8 Å². The molecule has 0 atom stereocenters. The maximum Gasteiger partial charge on any atom is 0.187 e. The molecule has 29 heavy (non-hydrogen) atoms. The van der Waals surface area contributed by atoms with Gasteiger partial charge in [-0.1, -0.05) is 54.6 Å². The Labute approximate surface area is 172 Å². The molecule has 3 aromatic rings. The second-order valence-electron chi connectivity index (χ2n) is 7.71. The van der Waals surface area contributed by atoms with Crippen LogP contribution in [0.4, 0.5) is 5.69 Å². The van der Waals surface area contributed by atoms with E-state index in [1.165, 1.54) is 29.7 Å². The van der Waals surface area contributed by atoms with Gasteiger partial charge in [0.1, 0.15) is 0 Å². The van der Waals surface area contributed by atoms with E-state index >= 15 is 0 Å². The predicted molar refractivity (Wildman–Crippen MR) is 116 cm³/mol. The molecular weight excluding hydrogens is 358 g/mol. The number of imidazole rings is 1. The number of piperidine rings is 1. The Morgan fingerprint density at radius 3 is 2.41 bits per heavy atom. The van der Waals surface area contributed by atoms with Crippen LogP contribution in [0.25, 0.3) is 4.85 Å². The first-order chi connectivity index (χ1) is 14.3. The quantitative estimate of drug-likeness (QED) is 0.618. The van der Waals surface area contributed by atoms with Crippen LogP contribution in [-0.4, -0.2) is 33.6 Å². The van der Waals surface area contributed by atoms with Crippen LogP contribution >= 0.6 is 0 Å². The molecule has 0 bridgehead atoms. The number of nitrogens with one attached hydrogen (secondary N) is 1. The third-order valence-corrected chi connectivity index (χ3v) is 5.63. The van der Waals surface area contributed by atoms with Gasteiger partial charge in [0.2, 0.25) is 0 Å². The van der Waals surface area contributed by atoms with E-state index in [4.69, 9.17) is 6.57 Å². The van der Waals surface area contributed by atoms with Gasteiger partial charge in [-0.2, -0.15) is 0 Å². The molecule has 1 aliphatic heterocycles. The zero-order valence-electron chi connectivity index (χ0n) is 16.7. The van der Waals surface area contributed by atoms with E-state index in [2.05, 4.69) is 54.9 Å². The van der Waals surface area contributed by atoms with Gasteiger partial charge in [0.25, 0.3) is 0 Å². The maximum absolute atomic E-state index is 7.06. The number of aromatic nitrogens is 2. The Kier molecular flexibility index (Phi) is 6.35. The molecule has 2 aromatic carbocycles. The van der Waals surface area contributed by atoms with Gasteiger partial charge in [0.15, 0.2) is 5.69 Å². The molecule has 5 heteroatoms. The molecule has 1 fully saturated rings. The van der Waals surface area contributed by atoms with Crippen molar-refractivity contribution in [3.05, 3.63) is 95.4 Å². The highest BCUT2D eigenvalue weighted by molar-refractivity contribution is 5.45. The fourth-order valence-corrected chi connectivity index (χ4v) is 3.90. The average Bonchev–Trinajstić information content (AvgIpc) is 3.21. The lowest BCUT2D eigenvalue weighted by atomic mass is 10.0. The van der Waals surface area contributed by atoms with Gasteiger partial charge in [0, 0.05) is 31.9 Å². The molecular formula is C24H27N5. The summed E-state index contributed by atoms with van der Waals surface area (Å²) in [6, 6.07) is 19.1. The third kappa shape index (κ3) is 5.32. The lowest BCUT2D eigenvalue weighted by Crippen LogP contribution is -2.42. The standard InChI is InChI=1S/C24H27N5/c1-25-22-9-7-21(8-10-22)18-29-19-26-15-24(29)16-27-23-11-13-28(14-12-23)17-20-5-3-2-4-6-20/h2-10,15,19,23,27H,11-14,16-18H2. The number of rotatable bonds is 7. The zero-order valence-corrected chi connectivity index (χ0v) is 16.7. The molecule has 0 saturated carbocycles. The third-order valence-electron chi connectivity index (χ3n) is 5.63. The summed E-state index contributed by atoms with van der Waals surface area (Å²) < 4.78 is 2.18. The van der Waals surface area contributed by atoms with E-state index in [1.807, 2.05) is 36.8 Å². The van der Waals surface area contributed by atoms with Gasteiger partial charge in [0.05, 0.1) is 18.6 Å². The van der Waals surface area contributed by atoms with Gasteiger partial charge < -0.3 is 9.88 Å². The van der Waals surface area contributed by atoms with Crippen molar-refractivity contribution in [1.29, 1.82) is 0 Å². The minimum Gasteiger partial charge on any atom is -0.329 e. The van der Waals surface area contributed by atoms with Gasteiger partial charge >= 0.3 is 0 Å². The number of hydrogen-bond acceptors (Lipinski definition) is 3. The molecule has 1 aromatic heterocycles. The summed E-state index contributed by atoms with van der Waals surface area (Å²) >= 11 is 0. The van der Waals surface area contributed by atoms with Gasteiger partial charge in [-0.05, 0) is 37.1 Å². The molecule has 5 nitrogen and oxygen atoms in total. The summed E-state index contributed by atoms with van der Waals surface area (Å²) in [5.41, 5.74) is 4.46. The van der Waals surface area contributed by atoms with E-state index in [0.29, 0.717) is 11.7 Å². The lowest BCUT2D eigenvalue weighted by Gasteiger charge is -2.32. The van der Waals surface area contributed by atoms with Gasteiger partial charge in [-0.3, -0.25) is 4.90 Å². The van der Waals surface area contributed by atoms with Gasteiger partial charge in [-0.15, -0.1) is 0 Å². The fourth-order valence-electron chi connectivity index (χ4n) is 3.90. The van der Waals surface area contributed by atoms with Crippen LogP contribution in [0.2, 0.25) is 0 Å². The zero-order chi connectivity index (χ0) is 19.9. The first-order valence-corrected chi connectivity index (χ1v) is 10.3. The molecule has 0 amide bonds. The highest BCUT2D eigenvalue weighted by atomic mass is 15.1. The molecule has 1 aliphatic rings. The maximum atomic E-state index is 7.06. The Balaban J connectivity index is 1.25. The SMILES string of the molecule is [C-]#[N+]c1ccc(Cn2cncc2CNC2CCN(Cc3ccccc3)CC2)cc1. The smallest absolute Gasteiger partial charge is 0.187 e. The van der Waals surface area contributed by atoms with Crippen LogP contribution < -0.4 is 5.32 Å². The van der Waals surface area contributed by atoms with E-state index < -0.39 is 0 Å². The Bertz CT molecular complexity index is 931. The van der Waals surface area contributed by atoms with E-state index in [1.54, 1.807) is 0 Å². The van der Waals surface area contributed by atoms with Crippen LogP contribution in [0.5, 0.6) is 0 Å². The fraction of sp³-hybridized carbons (Fsp3) is 0.333. The molecule has 0 unspecified atom stereocenters. The minimum atomic E-state index is 0.559. The number of hydrogen-bond donors (Lipinski definition) is 1. The average molecular weight is 386 g/mol. The lowest BCUT2D eigenvalue weighted by molar-refractivity contribution is 0.189. The highest BCUT2D eigenvalue weighted by Gasteiger charge is 2.19. The molecule has 0 spiro atoms. The molecule has 1 saturated heterocycles. The van der Waals surface area contributed by atoms with Crippen molar-refractivity contribution >= 4 is 5.69 Å². The van der Waals surface area contributed by atoms with Crippen molar-refractivity contribution < 1.29 is 0 Å². The van der Waals surface area contributed by atoms with Crippen molar-refractivity contribution in [2.45, 2.75) is 38.5 Å². The number of benzene rings is 2. The molecule has 4 rings (SSSR count). The Morgan fingerprint density at radius 1 is 0.966 bits per heavy atom. The summed E-state index contributed by atoms with van der Waals surface area (Å²) in [5, 5.41) is 3.73. The second kappa shape index (κ2) is 9.51. The first kappa shape index (κ1) is 19.4. The highest BCUT2D eigenvalue weighted by Crippen LogP contribution is 2.16. The van der Waals surface area contributed by atoms with Crippen LogP contribution in [0, 0.1) is 6.57 Å². The Morgan fingerprint density at radius 2 is 1.69 bits per heavy atom. The van der Waals surface area contributed by atoms with E-state index in [0.717, 1.165) is 32.7 Å². The van der Waals surface area contributed by atoms with Crippen molar-refractivity contribution in [3.63, 3.8) is 0 Å². The summed E-state index contributed by atoms with van der Waals surface area (Å²) in [6.07, 6.45) is 6.20. The van der Waals surface area contributed by atoms with Crippen LogP contribution in [-0.2, 0) is 19.6 Å². The molecule has 0 radical (unpaired) electrons. The second-order valence-corrected chi connectivity index (χ2v) is 7.71. The summed E-state index contributed by atoms with van der Waals surface area (Å²) in [6.45, 7) is 12.0. The monoisotopic (exact) mass is 385 g/mol. The molecule has 2 heterocycles. The van der Waals surface area contributed by atoms with E-state index in [-0.39, 0.29) is 0 Å². The predicted octanol–water partition coefficient (Wildman–Crippen LogP) is 4.24. The normalized spacial score (nSPS) is 15.3. The molecule has 0 aliphatic carbocycles. The summed E-state index contributed by atoms with van der Waals surface area (Å²) in [7, 11) is 0. The molecule has 1 N–H and O–H groups in total. The largest absolute Gasteiger partial charge is 0.329 e.